The molecular weight excluding hydrogens is 246 g/mol. The number of benzene rings is 1. The summed E-state index contributed by atoms with van der Waals surface area (Å²) in [6, 6.07) is 3.00. The first-order chi connectivity index (χ1) is 5.70. The molecule has 0 saturated carbocycles. The highest BCUT2D eigenvalue weighted by Gasteiger charge is 2.12. The van der Waals surface area contributed by atoms with Crippen LogP contribution in [0.1, 0.15) is 0 Å². The Morgan fingerprint density at radius 2 is 1.67 bits per heavy atom. The molecule has 0 heterocycles. The van der Waals surface area contributed by atoms with E-state index in [4.69, 9.17) is 46.9 Å². The Morgan fingerprint density at radius 3 is 2.17 bits per heavy atom. The highest BCUT2D eigenvalue weighted by Crippen LogP contribution is 2.40. The lowest BCUT2D eigenvalue weighted by Gasteiger charge is -2.04. The maximum absolute atomic E-state index is 5.71. The van der Waals surface area contributed by atoms with E-state index >= 15 is 0 Å². The predicted molar refractivity (Wildman–Crippen MR) is 49.4 cm³/mol. The van der Waals surface area contributed by atoms with Gasteiger partial charge in [0.15, 0.2) is 11.5 Å². The molecule has 1 rings (SSSR count). The van der Waals surface area contributed by atoms with Gasteiger partial charge in [-0.3, -0.25) is 0 Å². The zero-order chi connectivity index (χ0) is 9.14. The topological polar surface area (TPSA) is 18.5 Å². The van der Waals surface area contributed by atoms with Gasteiger partial charge in [-0.2, -0.15) is 0 Å². The number of hydrogen-bond acceptors (Lipinski definition) is 2. The van der Waals surface area contributed by atoms with E-state index in [0.717, 1.165) is 0 Å². The van der Waals surface area contributed by atoms with E-state index in [0.29, 0.717) is 0 Å². The van der Waals surface area contributed by atoms with Crippen LogP contribution in [0, 0.1) is 0 Å². The average molecular weight is 248 g/mol. The molecule has 0 amide bonds. The van der Waals surface area contributed by atoms with E-state index in [1.807, 2.05) is 0 Å². The van der Waals surface area contributed by atoms with Gasteiger partial charge in [-0.15, -0.1) is 0 Å². The molecule has 0 radical (unpaired) electrons. The fourth-order valence-corrected chi connectivity index (χ4v) is 1.54. The fourth-order valence-electron chi connectivity index (χ4n) is 0.645. The lowest BCUT2D eigenvalue weighted by atomic mass is 10.3. The monoisotopic (exact) mass is 246 g/mol. The van der Waals surface area contributed by atoms with Gasteiger partial charge in [0.1, 0.15) is 28.8 Å². The second-order valence-electron chi connectivity index (χ2n) is 1.84. The maximum Gasteiger partial charge on any atom is 0.187 e. The van der Waals surface area contributed by atoms with Gasteiger partial charge in [0.25, 0.3) is 0 Å². The molecule has 0 aromatic heterocycles. The molecule has 0 aliphatic rings. The molecule has 0 aliphatic carbocycles. The van der Waals surface area contributed by atoms with Crippen molar-refractivity contribution in [2.45, 2.75) is 0 Å². The van der Waals surface area contributed by atoms with Crippen molar-refractivity contribution in [2.75, 3.05) is 0 Å². The third kappa shape index (κ3) is 1.83. The Hall–Kier alpha value is -0.0200. The first kappa shape index (κ1) is 10.1. The van der Waals surface area contributed by atoms with Crippen LogP contribution in [0.15, 0.2) is 12.1 Å². The van der Waals surface area contributed by atoms with Gasteiger partial charge in [-0.05, 0) is 12.1 Å². The minimum Gasteiger partial charge on any atom is -0.384 e. The quantitative estimate of drug-likeness (QED) is 0.785. The molecule has 0 spiro atoms. The Morgan fingerprint density at radius 1 is 1.00 bits per heavy atom. The maximum atomic E-state index is 5.71. The van der Waals surface area contributed by atoms with E-state index in [2.05, 4.69) is 8.58 Å². The van der Waals surface area contributed by atoms with Crippen LogP contribution >= 0.6 is 46.9 Å². The van der Waals surface area contributed by atoms with Gasteiger partial charge < -0.3 is 8.58 Å². The molecule has 1 aromatic carbocycles. The molecule has 0 bridgehead atoms. The Balaban J connectivity index is 3.24. The zero-order valence-electron chi connectivity index (χ0n) is 5.48. The van der Waals surface area contributed by atoms with Crippen LogP contribution < -0.4 is 8.58 Å². The van der Waals surface area contributed by atoms with Crippen LogP contribution in [0.2, 0.25) is 10.0 Å². The fraction of sp³-hybridized carbons (Fsp3) is 0. The molecule has 0 fully saturated rings. The summed E-state index contributed by atoms with van der Waals surface area (Å²) >= 11 is 21.6. The molecule has 6 heteroatoms. The van der Waals surface area contributed by atoms with Crippen molar-refractivity contribution in [3.8, 4) is 11.5 Å². The van der Waals surface area contributed by atoms with E-state index in [9.17, 15) is 0 Å². The van der Waals surface area contributed by atoms with E-state index in [1.54, 1.807) is 0 Å². The molecule has 1 aromatic rings. The van der Waals surface area contributed by atoms with Crippen LogP contribution in [0.3, 0.4) is 0 Å². The Bertz CT molecular complexity index is 289. The Kier molecular flexibility index (Phi) is 3.59. The largest absolute Gasteiger partial charge is 0.384 e. The van der Waals surface area contributed by atoms with Crippen molar-refractivity contribution >= 4 is 46.9 Å². The molecule has 12 heavy (non-hydrogen) atoms. The third-order valence-electron chi connectivity index (χ3n) is 1.17. The Labute approximate surface area is 89.2 Å². The molecule has 0 saturated heterocycles. The van der Waals surface area contributed by atoms with E-state index in [-0.39, 0.29) is 21.5 Å². The molecular formula is C6H2Cl4O2. The van der Waals surface area contributed by atoms with E-state index in [1.165, 1.54) is 12.1 Å². The van der Waals surface area contributed by atoms with Crippen LogP contribution in [0.4, 0.5) is 0 Å². The summed E-state index contributed by atoms with van der Waals surface area (Å²) in [5.41, 5.74) is 0. The second-order valence-corrected chi connectivity index (χ2v) is 2.94. The van der Waals surface area contributed by atoms with Gasteiger partial charge in [0.2, 0.25) is 0 Å². The summed E-state index contributed by atoms with van der Waals surface area (Å²) in [5.74, 6) is 0.358. The number of halogens is 4. The smallest absolute Gasteiger partial charge is 0.187 e. The first-order valence-corrected chi connectivity index (χ1v) is 4.13. The van der Waals surface area contributed by atoms with Crippen LogP contribution in [-0.2, 0) is 0 Å². The van der Waals surface area contributed by atoms with Crippen LogP contribution in [-0.4, -0.2) is 0 Å². The minimum absolute atomic E-state index is 0.123. The van der Waals surface area contributed by atoms with Crippen molar-refractivity contribution < 1.29 is 8.58 Å². The van der Waals surface area contributed by atoms with Crippen molar-refractivity contribution in [2.24, 2.45) is 0 Å². The average Bonchev–Trinajstić information content (AvgIpc) is 2.06. The zero-order valence-corrected chi connectivity index (χ0v) is 8.51. The molecule has 2 nitrogen and oxygen atoms in total. The highest BCUT2D eigenvalue weighted by molar-refractivity contribution is 6.38. The van der Waals surface area contributed by atoms with Crippen molar-refractivity contribution in [3.05, 3.63) is 22.2 Å². The lowest BCUT2D eigenvalue weighted by molar-refractivity contribution is 0.591. The molecule has 0 unspecified atom stereocenters. The predicted octanol–water partition coefficient (Wildman–Crippen LogP) is 4.06. The summed E-state index contributed by atoms with van der Waals surface area (Å²) in [5, 5.41) is 0.417. The third-order valence-corrected chi connectivity index (χ3v) is 2.15. The molecule has 66 valence electrons. The van der Waals surface area contributed by atoms with Gasteiger partial charge in [0.05, 0.1) is 5.02 Å². The SMILES string of the molecule is ClOc1ccc(Cl)c(OCl)c1Cl. The summed E-state index contributed by atoms with van der Waals surface area (Å²) in [6.07, 6.45) is 0. The first-order valence-electron chi connectivity index (χ1n) is 2.76. The second kappa shape index (κ2) is 4.28. The molecule has 0 N–H and O–H groups in total. The summed E-state index contributed by atoms with van der Waals surface area (Å²) in [7, 11) is 0. The number of rotatable bonds is 2. The standard InChI is InChI=1S/C6H2Cl4O2/c7-3-1-2-4(11-9)5(8)6(3)12-10/h1-2H. The summed E-state index contributed by atoms with van der Waals surface area (Å²) < 4.78 is 8.77. The summed E-state index contributed by atoms with van der Waals surface area (Å²) in [6.45, 7) is 0. The minimum atomic E-state index is 0.123. The van der Waals surface area contributed by atoms with E-state index < -0.39 is 0 Å². The van der Waals surface area contributed by atoms with Crippen molar-refractivity contribution in [1.82, 2.24) is 0 Å². The van der Waals surface area contributed by atoms with Crippen LogP contribution in [0.25, 0.3) is 0 Å². The number of hydrogen-bond donors (Lipinski definition) is 0. The van der Waals surface area contributed by atoms with Crippen LogP contribution in [0.5, 0.6) is 11.5 Å². The van der Waals surface area contributed by atoms with Gasteiger partial charge >= 0.3 is 0 Å². The lowest BCUT2D eigenvalue weighted by Crippen LogP contribution is -1.83. The summed E-state index contributed by atoms with van der Waals surface area (Å²) in [4.78, 5) is 0. The normalized spacial score (nSPS) is 9.67. The van der Waals surface area contributed by atoms with Gasteiger partial charge in [0, 0.05) is 0 Å². The molecule has 0 aliphatic heterocycles. The highest BCUT2D eigenvalue weighted by atomic mass is 35.5. The molecule has 0 atom stereocenters. The van der Waals surface area contributed by atoms with Gasteiger partial charge in [-0.1, -0.05) is 23.2 Å². The van der Waals surface area contributed by atoms with Crippen molar-refractivity contribution in [3.63, 3.8) is 0 Å². The van der Waals surface area contributed by atoms with Crippen molar-refractivity contribution in [1.29, 1.82) is 0 Å². The van der Waals surface area contributed by atoms with Gasteiger partial charge in [-0.25, -0.2) is 0 Å².